The molecule has 0 spiro atoms. The molecule has 0 atom stereocenters. The van der Waals surface area contributed by atoms with Gasteiger partial charge >= 0.3 is 11.9 Å². The fourth-order valence-electron chi connectivity index (χ4n) is 1.01. The number of carboxylic acids is 2. The molecule has 1 heterocycles. The topological polar surface area (TPSA) is 87.5 Å². The van der Waals surface area contributed by atoms with E-state index >= 15 is 0 Å². The minimum absolute atomic E-state index is 0.0719. The highest BCUT2D eigenvalue weighted by molar-refractivity contribution is 8.03. The maximum absolute atomic E-state index is 11.0. The first-order valence-electron chi connectivity index (χ1n) is 4.83. The van der Waals surface area contributed by atoms with Crippen LogP contribution in [-0.4, -0.2) is 31.9 Å². The summed E-state index contributed by atoms with van der Waals surface area (Å²) in [5.41, 5.74) is 0.654. The first-order valence-corrected chi connectivity index (χ1v) is 6.46. The van der Waals surface area contributed by atoms with Crippen LogP contribution >= 0.6 is 23.1 Å². The number of aryl methyl sites for hydroxylation is 1. The summed E-state index contributed by atoms with van der Waals surface area (Å²) in [6.07, 6.45) is -0.0719. The van der Waals surface area contributed by atoms with E-state index in [0.717, 1.165) is 11.8 Å². The lowest BCUT2D eigenvalue weighted by molar-refractivity contribution is -0.139. The summed E-state index contributed by atoms with van der Waals surface area (Å²) in [4.78, 5) is 26.4. The summed E-state index contributed by atoms with van der Waals surface area (Å²) in [6, 6.07) is 0. The van der Waals surface area contributed by atoms with Gasteiger partial charge in [0.25, 0.3) is 0 Å². The highest BCUT2D eigenvalue weighted by atomic mass is 32.2. The van der Waals surface area contributed by atoms with Crippen molar-refractivity contribution in [3.05, 3.63) is 10.6 Å². The van der Waals surface area contributed by atoms with Crippen molar-refractivity contribution in [1.29, 1.82) is 0 Å². The van der Waals surface area contributed by atoms with Gasteiger partial charge in [-0.15, -0.1) is 11.3 Å². The maximum Gasteiger partial charge on any atom is 0.319 e. The Morgan fingerprint density at radius 1 is 1.41 bits per heavy atom. The number of thioether (sulfide) groups is 1. The van der Waals surface area contributed by atoms with Gasteiger partial charge in [-0.05, 0) is 20.8 Å². The predicted molar refractivity (Wildman–Crippen MR) is 65.8 cm³/mol. The number of hydrogen-bond acceptors (Lipinski definition) is 5. The molecule has 2 N–H and O–H groups in total. The Kier molecular flexibility index (Phi) is 4.16. The minimum Gasteiger partial charge on any atom is -0.481 e. The Hall–Kier alpha value is -1.08. The zero-order chi connectivity index (χ0) is 13.2. The monoisotopic (exact) mass is 275 g/mol. The number of hydrogen-bond donors (Lipinski definition) is 2. The molecule has 94 valence electrons. The summed E-state index contributed by atoms with van der Waals surface area (Å²) < 4.78 is -0.378. The van der Waals surface area contributed by atoms with Gasteiger partial charge in [-0.1, -0.05) is 11.8 Å². The second kappa shape index (κ2) is 5.05. The lowest BCUT2D eigenvalue weighted by Crippen LogP contribution is -2.26. The first-order chi connectivity index (χ1) is 7.72. The highest BCUT2D eigenvalue weighted by Gasteiger charge is 2.30. The molecule has 5 nitrogen and oxygen atoms in total. The molecule has 1 aromatic rings. The van der Waals surface area contributed by atoms with Crippen LogP contribution in [0.1, 0.15) is 24.4 Å². The molecule has 0 saturated heterocycles. The Bertz CT molecular complexity index is 453. The summed E-state index contributed by atoms with van der Waals surface area (Å²) in [6.45, 7) is 4.91. The standard InChI is InChI=1S/C10H13NO4S2/c1-5-6(4-7(12)13)16-9(11-5)17-10(2,3)8(14)15/h4H2,1-3H3,(H,12,13)(H,14,15). The molecule has 0 aliphatic carbocycles. The summed E-state index contributed by atoms with van der Waals surface area (Å²) in [5, 5.41) is 17.7. The van der Waals surface area contributed by atoms with E-state index in [1.165, 1.54) is 11.3 Å². The number of thiazole rings is 1. The number of aromatic nitrogens is 1. The number of carboxylic acid groups (broad SMARTS) is 2. The second-order valence-corrected chi connectivity index (χ2v) is 6.93. The van der Waals surface area contributed by atoms with Crippen molar-refractivity contribution < 1.29 is 19.8 Å². The molecule has 7 heteroatoms. The molecule has 0 fully saturated rings. The van der Waals surface area contributed by atoms with Gasteiger partial charge in [0.15, 0.2) is 4.34 Å². The lowest BCUT2D eigenvalue weighted by atomic mass is 10.2. The number of carbonyl (C=O) groups is 2. The molecule has 0 aromatic carbocycles. The van der Waals surface area contributed by atoms with Crippen LogP contribution in [0.3, 0.4) is 0 Å². The molecule has 0 aliphatic rings. The zero-order valence-electron chi connectivity index (χ0n) is 9.68. The van der Waals surface area contributed by atoms with Crippen LogP contribution in [0.15, 0.2) is 4.34 Å². The molecule has 0 saturated carbocycles. The van der Waals surface area contributed by atoms with Crippen LogP contribution in [0.5, 0.6) is 0 Å². The smallest absolute Gasteiger partial charge is 0.319 e. The van der Waals surface area contributed by atoms with Gasteiger partial charge in [-0.3, -0.25) is 9.59 Å². The number of nitrogens with zero attached hydrogens (tertiary/aromatic N) is 1. The van der Waals surface area contributed by atoms with E-state index < -0.39 is 16.7 Å². The van der Waals surface area contributed by atoms with E-state index in [-0.39, 0.29) is 6.42 Å². The van der Waals surface area contributed by atoms with Crippen molar-refractivity contribution in [2.45, 2.75) is 36.3 Å². The van der Waals surface area contributed by atoms with Gasteiger partial charge in [0, 0.05) is 4.88 Å². The van der Waals surface area contributed by atoms with Crippen LogP contribution < -0.4 is 0 Å². The minimum atomic E-state index is -0.967. The maximum atomic E-state index is 11.0. The molecule has 1 aromatic heterocycles. The Morgan fingerprint density at radius 3 is 2.47 bits per heavy atom. The van der Waals surface area contributed by atoms with Crippen LogP contribution in [0.4, 0.5) is 0 Å². The van der Waals surface area contributed by atoms with E-state index in [0.29, 0.717) is 14.9 Å². The number of aliphatic carboxylic acids is 2. The van der Waals surface area contributed by atoms with Crippen LogP contribution in [-0.2, 0) is 16.0 Å². The van der Waals surface area contributed by atoms with Crippen molar-refractivity contribution in [2.24, 2.45) is 0 Å². The van der Waals surface area contributed by atoms with Crippen molar-refractivity contribution in [3.8, 4) is 0 Å². The molecule has 0 amide bonds. The van der Waals surface area contributed by atoms with Crippen LogP contribution in [0.2, 0.25) is 0 Å². The Labute approximate surface area is 107 Å². The van der Waals surface area contributed by atoms with Gasteiger partial charge in [0.1, 0.15) is 4.75 Å². The van der Waals surface area contributed by atoms with E-state index in [9.17, 15) is 9.59 Å². The average molecular weight is 275 g/mol. The molecular weight excluding hydrogens is 262 g/mol. The molecule has 0 bridgehead atoms. The molecule has 17 heavy (non-hydrogen) atoms. The van der Waals surface area contributed by atoms with Crippen LogP contribution in [0, 0.1) is 6.92 Å². The normalized spacial score (nSPS) is 11.5. The van der Waals surface area contributed by atoms with Crippen molar-refractivity contribution in [3.63, 3.8) is 0 Å². The van der Waals surface area contributed by atoms with Crippen molar-refractivity contribution in [2.75, 3.05) is 0 Å². The lowest BCUT2D eigenvalue weighted by Gasteiger charge is -2.15. The zero-order valence-corrected chi connectivity index (χ0v) is 11.3. The highest BCUT2D eigenvalue weighted by Crippen LogP contribution is 2.36. The van der Waals surface area contributed by atoms with Gasteiger partial charge < -0.3 is 10.2 Å². The SMILES string of the molecule is Cc1nc(SC(C)(C)C(=O)O)sc1CC(=O)O. The van der Waals surface area contributed by atoms with E-state index in [1.807, 2.05) is 0 Å². The largest absolute Gasteiger partial charge is 0.481 e. The summed E-state index contributed by atoms with van der Waals surface area (Å²) in [7, 11) is 0. The fraction of sp³-hybridized carbons (Fsp3) is 0.500. The molecule has 0 unspecified atom stereocenters. The van der Waals surface area contributed by atoms with E-state index in [1.54, 1.807) is 20.8 Å². The second-order valence-electron chi connectivity index (χ2n) is 3.98. The Morgan fingerprint density at radius 2 is 2.00 bits per heavy atom. The van der Waals surface area contributed by atoms with Crippen molar-refractivity contribution >= 4 is 35.0 Å². The van der Waals surface area contributed by atoms with Crippen LogP contribution in [0.25, 0.3) is 0 Å². The quantitative estimate of drug-likeness (QED) is 0.799. The Balaban J connectivity index is 2.87. The number of rotatable bonds is 5. The van der Waals surface area contributed by atoms with Gasteiger partial charge in [0.2, 0.25) is 0 Å². The third-order valence-electron chi connectivity index (χ3n) is 2.04. The first kappa shape index (κ1) is 14.0. The van der Waals surface area contributed by atoms with Crippen molar-refractivity contribution in [1.82, 2.24) is 4.98 Å². The fourth-order valence-corrected chi connectivity index (χ4v) is 3.59. The molecule has 0 radical (unpaired) electrons. The van der Waals surface area contributed by atoms with E-state index in [2.05, 4.69) is 4.98 Å². The van der Waals surface area contributed by atoms with Gasteiger partial charge in [-0.25, -0.2) is 4.98 Å². The van der Waals surface area contributed by atoms with E-state index in [4.69, 9.17) is 10.2 Å². The van der Waals surface area contributed by atoms with Gasteiger partial charge in [0.05, 0.1) is 12.1 Å². The molecular formula is C10H13NO4S2. The molecule has 1 rings (SSSR count). The molecule has 0 aliphatic heterocycles. The predicted octanol–water partition coefficient (Wildman–Crippen LogP) is 2.03. The van der Waals surface area contributed by atoms with Gasteiger partial charge in [-0.2, -0.15) is 0 Å². The average Bonchev–Trinajstić information content (AvgIpc) is 2.44. The third-order valence-corrected chi connectivity index (χ3v) is 4.45. The summed E-state index contributed by atoms with van der Waals surface area (Å²) >= 11 is 2.37. The summed E-state index contributed by atoms with van der Waals surface area (Å²) in [5.74, 6) is -1.83. The third kappa shape index (κ3) is 3.71.